The molecule has 0 saturated heterocycles. The third-order valence-electron chi connectivity index (χ3n) is 8.95. The number of para-hydroxylation sites is 2. The maximum Gasteiger partial charge on any atom is 0.212 e. The first-order valence-electron chi connectivity index (χ1n) is 14.6. The second kappa shape index (κ2) is 9.07. The van der Waals surface area contributed by atoms with Crippen LogP contribution in [0.1, 0.15) is 5.56 Å². The molecule has 2 heterocycles. The summed E-state index contributed by atoms with van der Waals surface area (Å²) in [4.78, 5) is 3.99. The zero-order valence-electron chi connectivity index (χ0n) is 23.5. The van der Waals surface area contributed by atoms with Crippen molar-refractivity contribution in [3.8, 4) is 17.4 Å². The molecule has 9 rings (SSSR count). The fourth-order valence-electron chi connectivity index (χ4n) is 7.13. The van der Waals surface area contributed by atoms with Gasteiger partial charge in [0.05, 0.1) is 45.6 Å². The largest absolute Gasteiger partial charge is 0.317 e. The van der Waals surface area contributed by atoms with Gasteiger partial charge in [0.2, 0.25) is 5.69 Å². The van der Waals surface area contributed by atoms with Crippen LogP contribution in [0.25, 0.3) is 81.4 Å². The molecule has 0 saturated carbocycles. The minimum atomic E-state index is 0.437. The highest BCUT2D eigenvalue weighted by atomic mass is 15.0. The summed E-state index contributed by atoms with van der Waals surface area (Å²) in [5.74, 6) is 0. The molecule has 0 aliphatic carbocycles. The molecule has 2 aromatic heterocycles. The number of hydrogen-bond acceptors (Lipinski definition) is 1. The van der Waals surface area contributed by atoms with E-state index in [1.165, 1.54) is 0 Å². The molecular formula is C40H22N4. The number of nitriles is 1. The summed E-state index contributed by atoms with van der Waals surface area (Å²) in [6.07, 6.45) is 0. The molecule has 9 aromatic rings. The van der Waals surface area contributed by atoms with Crippen molar-refractivity contribution in [1.29, 1.82) is 5.26 Å². The van der Waals surface area contributed by atoms with E-state index in [1.807, 2.05) is 42.5 Å². The second-order valence-electron chi connectivity index (χ2n) is 11.1. The number of aromatic nitrogens is 2. The second-order valence-corrected chi connectivity index (χ2v) is 11.1. The molecule has 0 unspecified atom stereocenters. The normalized spacial score (nSPS) is 11.6. The van der Waals surface area contributed by atoms with E-state index in [0.717, 1.165) is 70.8 Å². The third-order valence-corrected chi connectivity index (χ3v) is 8.95. The zero-order chi connectivity index (χ0) is 29.4. The Bertz CT molecular complexity index is 2740. The summed E-state index contributed by atoms with van der Waals surface area (Å²) in [7, 11) is 0. The van der Waals surface area contributed by atoms with Crippen molar-refractivity contribution in [1.82, 2.24) is 9.13 Å². The van der Waals surface area contributed by atoms with Gasteiger partial charge in [-0.3, -0.25) is 0 Å². The molecule has 4 nitrogen and oxygen atoms in total. The first-order valence-corrected chi connectivity index (χ1v) is 14.6. The van der Waals surface area contributed by atoms with Crippen LogP contribution >= 0.6 is 0 Å². The number of rotatable bonds is 2. The molecule has 202 valence electrons. The van der Waals surface area contributed by atoms with Gasteiger partial charge in [0.25, 0.3) is 0 Å². The zero-order valence-corrected chi connectivity index (χ0v) is 23.5. The lowest BCUT2D eigenvalue weighted by Crippen LogP contribution is -2.05. The van der Waals surface area contributed by atoms with Gasteiger partial charge in [-0.15, -0.1) is 0 Å². The van der Waals surface area contributed by atoms with Gasteiger partial charge in [0, 0.05) is 32.3 Å². The van der Waals surface area contributed by atoms with Gasteiger partial charge in [0.1, 0.15) is 6.07 Å². The average Bonchev–Trinajstić information content (AvgIpc) is 3.61. The summed E-state index contributed by atoms with van der Waals surface area (Å²) in [5.41, 5.74) is 6.29. The van der Waals surface area contributed by atoms with Crippen molar-refractivity contribution in [2.45, 2.75) is 0 Å². The van der Waals surface area contributed by atoms with E-state index < -0.39 is 0 Å². The van der Waals surface area contributed by atoms with E-state index in [-0.39, 0.29) is 0 Å². The Morgan fingerprint density at radius 1 is 0.500 bits per heavy atom. The molecule has 44 heavy (non-hydrogen) atoms. The minimum absolute atomic E-state index is 0.437. The van der Waals surface area contributed by atoms with Gasteiger partial charge in [-0.05, 0) is 29.0 Å². The molecule has 7 aromatic carbocycles. The number of hydrogen-bond donors (Lipinski definition) is 0. The Morgan fingerprint density at radius 2 is 1.00 bits per heavy atom. The van der Waals surface area contributed by atoms with Crippen LogP contribution in [0.5, 0.6) is 0 Å². The van der Waals surface area contributed by atoms with Crippen LogP contribution in [0, 0.1) is 17.9 Å². The van der Waals surface area contributed by atoms with E-state index in [0.29, 0.717) is 16.9 Å². The lowest BCUT2D eigenvalue weighted by atomic mass is 10.0. The molecule has 0 amide bonds. The number of benzene rings is 7. The summed E-state index contributed by atoms with van der Waals surface area (Å²) in [6.45, 7) is 8.25. The van der Waals surface area contributed by atoms with E-state index in [4.69, 9.17) is 6.57 Å². The molecule has 0 bridgehead atoms. The molecule has 4 heteroatoms. The molecule has 0 N–H and O–H groups in total. The highest BCUT2D eigenvalue weighted by Crippen LogP contribution is 2.43. The van der Waals surface area contributed by atoms with Crippen LogP contribution in [-0.4, -0.2) is 9.13 Å². The van der Waals surface area contributed by atoms with Crippen molar-refractivity contribution < 1.29 is 0 Å². The van der Waals surface area contributed by atoms with E-state index >= 15 is 0 Å². The van der Waals surface area contributed by atoms with Gasteiger partial charge in [0.15, 0.2) is 0 Å². The highest BCUT2D eigenvalue weighted by molar-refractivity contribution is 6.20. The standard InChI is InChI=1S/C40H22N4/c1-42-34-22-23-37(43-35-16-8-6-14-29(35)31-20-18-25-10-2-4-12-27(25)38(31)43)33(24-41)40(34)44-36-17-9-7-15-30(36)32-21-19-26-11-3-5-13-28(26)39(32)44/h2-23H. The van der Waals surface area contributed by atoms with Crippen molar-refractivity contribution in [2.24, 2.45) is 0 Å². The third kappa shape index (κ3) is 3.14. The summed E-state index contributed by atoms with van der Waals surface area (Å²) in [5, 5.41) is 19.9. The van der Waals surface area contributed by atoms with Gasteiger partial charge < -0.3 is 9.13 Å². The van der Waals surface area contributed by atoms with Gasteiger partial charge in [-0.1, -0.05) is 115 Å². The van der Waals surface area contributed by atoms with Crippen LogP contribution in [0.4, 0.5) is 5.69 Å². The quantitative estimate of drug-likeness (QED) is 0.195. The van der Waals surface area contributed by atoms with Crippen molar-refractivity contribution in [2.75, 3.05) is 0 Å². The maximum atomic E-state index is 11.1. The number of fused-ring (bicyclic) bond motifs is 10. The number of nitrogens with zero attached hydrogens (tertiary/aromatic N) is 4. The monoisotopic (exact) mass is 558 g/mol. The minimum Gasteiger partial charge on any atom is -0.317 e. The summed E-state index contributed by atoms with van der Waals surface area (Å²) in [6, 6.07) is 48.4. The molecule has 0 atom stereocenters. The molecule has 0 aliphatic heterocycles. The summed E-state index contributed by atoms with van der Waals surface area (Å²) < 4.78 is 4.36. The predicted molar refractivity (Wildman–Crippen MR) is 181 cm³/mol. The van der Waals surface area contributed by atoms with E-state index in [9.17, 15) is 5.26 Å². The Morgan fingerprint density at radius 3 is 1.57 bits per heavy atom. The van der Waals surface area contributed by atoms with Gasteiger partial charge in [-0.25, -0.2) is 4.85 Å². The Balaban J connectivity index is 1.51. The van der Waals surface area contributed by atoms with Crippen LogP contribution in [-0.2, 0) is 0 Å². The molecule has 0 radical (unpaired) electrons. The summed E-state index contributed by atoms with van der Waals surface area (Å²) >= 11 is 0. The lowest BCUT2D eigenvalue weighted by molar-refractivity contribution is 1.13. The van der Waals surface area contributed by atoms with Gasteiger partial charge in [-0.2, -0.15) is 5.26 Å². The smallest absolute Gasteiger partial charge is 0.212 e. The highest BCUT2D eigenvalue weighted by Gasteiger charge is 2.24. The van der Waals surface area contributed by atoms with Crippen molar-refractivity contribution >= 4 is 70.8 Å². The topological polar surface area (TPSA) is 38.0 Å². The first kappa shape index (κ1) is 24.3. The van der Waals surface area contributed by atoms with E-state index in [1.54, 1.807) is 0 Å². The Labute approximate surface area is 252 Å². The molecule has 0 fully saturated rings. The van der Waals surface area contributed by atoms with Crippen LogP contribution < -0.4 is 0 Å². The molecule has 0 spiro atoms. The van der Waals surface area contributed by atoms with Crippen molar-refractivity contribution in [3.05, 3.63) is 150 Å². The van der Waals surface area contributed by atoms with Crippen LogP contribution in [0.15, 0.2) is 133 Å². The van der Waals surface area contributed by atoms with Crippen molar-refractivity contribution in [3.63, 3.8) is 0 Å². The fourth-order valence-corrected chi connectivity index (χ4v) is 7.13. The molecule has 0 aliphatic rings. The van der Waals surface area contributed by atoms with Crippen LogP contribution in [0.2, 0.25) is 0 Å². The van der Waals surface area contributed by atoms with Crippen LogP contribution in [0.3, 0.4) is 0 Å². The average molecular weight is 559 g/mol. The fraction of sp³-hybridized carbons (Fsp3) is 0. The molecular weight excluding hydrogens is 536 g/mol. The lowest BCUT2D eigenvalue weighted by Gasteiger charge is -2.18. The first-order chi connectivity index (χ1) is 21.8. The SMILES string of the molecule is [C-]#[N+]c1ccc(-n2c3ccccc3c3ccc4ccccc4c32)c(C#N)c1-n1c2ccccc2c2ccc3ccccc3c21. The van der Waals surface area contributed by atoms with Gasteiger partial charge >= 0.3 is 0 Å². The van der Waals surface area contributed by atoms with E-state index in [2.05, 4.69) is 111 Å². The Hall–Kier alpha value is -6.36. The maximum absolute atomic E-state index is 11.1. The Kier molecular flexibility index (Phi) is 5.00. The predicted octanol–water partition coefficient (Wildman–Crippen LogP) is 10.6.